The smallest absolute Gasteiger partial charge is 0.0664 e. The molecule has 1 saturated heterocycles. The van der Waals surface area contributed by atoms with Crippen LogP contribution in [0, 0.1) is 0 Å². The van der Waals surface area contributed by atoms with Crippen molar-refractivity contribution in [3.63, 3.8) is 0 Å². The molecule has 1 atom stereocenters. The van der Waals surface area contributed by atoms with Crippen LogP contribution < -0.4 is 5.32 Å². The first-order chi connectivity index (χ1) is 6.83. The highest BCUT2D eigenvalue weighted by atomic mass is 16.3. The summed E-state index contributed by atoms with van der Waals surface area (Å²) in [5, 5.41) is 12.8. The quantitative estimate of drug-likeness (QED) is 0.598. The van der Waals surface area contributed by atoms with E-state index in [1.165, 1.54) is 25.9 Å². The summed E-state index contributed by atoms with van der Waals surface area (Å²) in [7, 11) is 0. The highest BCUT2D eigenvalue weighted by molar-refractivity contribution is 4.67. The molecule has 3 nitrogen and oxygen atoms in total. The van der Waals surface area contributed by atoms with E-state index in [2.05, 4.69) is 17.1 Å². The molecule has 0 aliphatic carbocycles. The van der Waals surface area contributed by atoms with E-state index in [0.717, 1.165) is 32.5 Å². The van der Waals surface area contributed by atoms with Crippen molar-refractivity contribution in [2.75, 3.05) is 32.7 Å². The molecule has 0 aromatic heterocycles. The molecule has 0 saturated carbocycles. The molecule has 1 rings (SSSR count). The molecule has 1 fully saturated rings. The third kappa shape index (κ3) is 4.94. The number of aliphatic hydroxyl groups excluding tert-OH is 1. The lowest BCUT2D eigenvalue weighted by molar-refractivity contribution is 0.159. The van der Waals surface area contributed by atoms with Gasteiger partial charge in [-0.25, -0.2) is 0 Å². The highest BCUT2D eigenvalue weighted by Crippen LogP contribution is 2.05. The first kappa shape index (κ1) is 12.0. The fourth-order valence-electron chi connectivity index (χ4n) is 1.95. The van der Waals surface area contributed by atoms with Gasteiger partial charge < -0.3 is 15.3 Å². The molecule has 1 aliphatic heterocycles. The molecule has 1 aliphatic rings. The van der Waals surface area contributed by atoms with Gasteiger partial charge in [-0.05, 0) is 32.4 Å². The second-order valence-electron chi connectivity index (χ2n) is 4.20. The zero-order valence-corrected chi connectivity index (χ0v) is 9.34. The lowest BCUT2D eigenvalue weighted by Gasteiger charge is -2.16. The number of aliphatic hydroxyl groups is 1. The number of hydrogen-bond acceptors (Lipinski definition) is 3. The van der Waals surface area contributed by atoms with Crippen LogP contribution in [-0.4, -0.2) is 48.8 Å². The van der Waals surface area contributed by atoms with E-state index in [0.29, 0.717) is 0 Å². The predicted octanol–water partition coefficient (Wildman–Crippen LogP) is 0.833. The van der Waals surface area contributed by atoms with E-state index in [4.69, 9.17) is 0 Å². The summed E-state index contributed by atoms with van der Waals surface area (Å²) in [5.41, 5.74) is 0. The Kier molecular flexibility index (Phi) is 6.15. The Morgan fingerprint density at radius 1 is 1.36 bits per heavy atom. The molecule has 14 heavy (non-hydrogen) atoms. The minimum Gasteiger partial charge on any atom is -0.392 e. The van der Waals surface area contributed by atoms with Crippen LogP contribution in [0.4, 0.5) is 0 Å². The van der Waals surface area contributed by atoms with Gasteiger partial charge in [0.2, 0.25) is 0 Å². The molecule has 0 amide bonds. The topological polar surface area (TPSA) is 35.5 Å². The van der Waals surface area contributed by atoms with Gasteiger partial charge in [0.05, 0.1) is 6.10 Å². The summed E-state index contributed by atoms with van der Waals surface area (Å²) in [6.07, 6.45) is 4.54. The van der Waals surface area contributed by atoms with E-state index in [9.17, 15) is 5.11 Å². The Hall–Kier alpha value is -0.120. The van der Waals surface area contributed by atoms with Crippen LogP contribution in [-0.2, 0) is 0 Å². The first-order valence-electron chi connectivity index (χ1n) is 5.94. The Labute approximate surface area is 87.5 Å². The van der Waals surface area contributed by atoms with E-state index in [-0.39, 0.29) is 6.10 Å². The van der Waals surface area contributed by atoms with E-state index in [1.54, 1.807) is 0 Å². The van der Waals surface area contributed by atoms with Crippen LogP contribution in [0.5, 0.6) is 0 Å². The minimum absolute atomic E-state index is 0.154. The predicted molar refractivity (Wildman–Crippen MR) is 59.5 cm³/mol. The molecule has 0 aromatic rings. The molecule has 0 bridgehead atoms. The highest BCUT2D eigenvalue weighted by Gasteiger charge is 2.10. The number of likely N-dealkylation sites (tertiary alicyclic amines) is 1. The van der Waals surface area contributed by atoms with Crippen LogP contribution in [0.2, 0.25) is 0 Å². The standard InChI is InChI=1S/C11H24N2O/c1-2-5-11(14)10-12-6-9-13-7-3-4-8-13/h11-12,14H,2-10H2,1H3. The van der Waals surface area contributed by atoms with Gasteiger partial charge in [0.1, 0.15) is 0 Å². The van der Waals surface area contributed by atoms with Crippen molar-refractivity contribution >= 4 is 0 Å². The second-order valence-corrected chi connectivity index (χ2v) is 4.20. The maximum Gasteiger partial charge on any atom is 0.0664 e. The molecule has 0 spiro atoms. The Morgan fingerprint density at radius 2 is 2.07 bits per heavy atom. The first-order valence-corrected chi connectivity index (χ1v) is 5.94. The maximum atomic E-state index is 9.47. The molecule has 2 N–H and O–H groups in total. The Balaban J connectivity index is 1.88. The fraction of sp³-hybridized carbons (Fsp3) is 1.00. The van der Waals surface area contributed by atoms with Crippen molar-refractivity contribution in [3.05, 3.63) is 0 Å². The van der Waals surface area contributed by atoms with Crippen LogP contribution in [0.1, 0.15) is 32.6 Å². The molecule has 1 unspecified atom stereocenters. The molecule has 3 heteroatoms. The average molecular weight is 200 g/mol. The largest absolute Gasteiger partial charge is 0.392 e. The van der Waals surface area contributed by atoms with E-state index < -0.39 is 0 Å². The van der Waals surface area contributed by atoms with Crippen molar-refractivity contribution in [3.8, 4) is 0 Å². The lowest BCUT2D eigenvalue weighted by Crippen LogP contribution is -2.34. The van der Waals surface area contributed by atoms with Crippen molar-refractivity contribution in [2.45, 2.75) is 38.7 Å². The number of nitrogens with zero attached hydrogens (tertiary/aromatic N) is 1. The van der Waals surface area contributed by atoms with E-state index >= 15 is 0 Å². The molecule has 1 heterocycles. The normalized spacial score (nSPS) is 20.1. The van der Waals surface area contributed by atoms with Crippen LogP contribution >= 0.6 is 0 Å². The van der Waals surface area contributed by atoms with Gasteiger partial charge in [0, 0.05) is 19.6 Å². The Morgan fingerprint density at radius 3 is 2.71 bits per heavy atom. The molecular weight excluding hydrogens is 176 g/mol. The second kappa shape index (κ2) is 7.21. The third-order valence-electron chi connectivity index (χ3n) is 2.81. The summed E-state index contributed by atoms with van der Waals surface area (Å²) >= 11 is 0. The molecule has 0 radical (unpaired) electrons. The molecule has 0 aromatic carbocycles. The number of nitrogens with one attached hydrogen (secondary N) is 1. The summed E-state index contributed by atoms with van der Waals surface area (Å²) < 4.78 is 0. The van der Waals surface area contributed by atoms with Gasteiger partial charge in [0.25, 0.3) is 0 Å². The number of hydrogen-bond donors (Lipinski definition) is 2. The minimum atomic E-state index is -0.154. The summed E-state index contributed by atoms with van der Waals surface area (Å²) in [6, 6.07) is 0. The van der Waals surface area contributed by atoms with Crippen molar-refractivity contribution < 1.29 is 5.11 Å². The third-order valence-corrected chi connectivity index (χ3v) is 2.81. The van der Waals surface area contributed by atoms with Gasteiger partial charge in [-0.1, -0.05) is 13.3 Å². The monoisotopic (exact) mass is 200 g/mol. The fourth-order valence-corrected chi connectivity index (χ4v) is 1.95. The zero-order chi connectivity index (χ0) is 10.2. The lowest BCUT2D eigenvalue weighted by atomic mass is 10.2. The summed E-state index contributed by atoms with van der Waals surface area (Å²) in [4.78, 5) is 2.49. The van der Waals surface area contributed by atoms with Gasteiger partial charge in [-0.3, -0.25) is 0 Å². The van der Waals surface area contributed by atoms with E-state index in [1.807, 2.05) is 0 Å². The summed E-state index contributed by atoms with van der Waals surface area (Å²) in [5.74, 6) is 0. The SMILES string of the molecule is CCCC(O)CNCCN1CCCC1. The van der Waals surface area contributed by atoms with Crippen LogP contribution in [0.15, 0.2) is 0 Å². The zero-order valence-electron chi connectivity index (χ0n) is 9.34. The van der Waals surface area contributed by atoms with Crippen molar-refractivity contribution in [1.29, 1.82) is 0 Å². The summed E-state index contributed by atoms with van der Waals surface area (Å²) in [6.45, 7) is 7.53. The average Bonchev–Trinajstić information content (AvgIpc) is 2.65. The Bertz CT molecular complexity index is 135. The molecule has 84 valence electrons. The van der Waals surface area contributed by atoms with Crippen molar-refractivity contribution in [2.24, 2.45) is 0 Å². The van der Waals surface area contributed by atoms with Gasteiger partial charge in [-0.15, -0.1) is 0 Å². The molecular formula is C11H24N2O. The number of rotatable bonds is 7. The van der Waals surface area contributed by atoms with Gasteiger partial charge in [-0.2, -0.15) is 0 Å². The maximum absolute atomic E-state index is 9.47. The van der Waals surface area contributed by atoms with Crippen LogP contribution in [0.25, 0.3) is 0 Å². The van der Waals surface area contributed by atoms with Gasteiger partial charge >= 0.3 is 0 Å². The van der Waals surface area contributed by atoms with Gasteiger partial charge in [0.15, 0.2) is 0 Å². The van der Waals surface area contributed by atoms with Crippen LogP contribution in [0.3, 0.4) is 0 Å². The van der Waals surface area contributed by atoms with Crippen molar-refractivity contribution in [1.82, 2.24) is 10.2 Å².